The lowest BCUT2D eigenvalue weighted by Crippen LogP contribution is -2.30. The molecule has 0 aliphatic carbocycles. The summed E-state index contributed by atoms with van der Waals surface area (Å²) in [6.07, 6.45) is 1.38. The van der Waals surface area contributed by atoms with Crippen molar-refractivity contribution in [3.8, 4) is 0 Å². The molecule has 1 N–H and O–H groups in total. The maximum Gasteiger partial charge on any atom is 0.373 e. The molecule has 0 bridgehead atoms. The first-order valence-electron chi connectivity index (χ1n) is 5.34. The fourth-order valence-electron chi connectivity index (χ4n) is 1.96. The second-order valence-electron chi connectivity index (χ2n) is 3.83. The smallest absolute Gasteiger partial charge is 0.312 e. The Hall–Kier alpha value is -2.26. The van der Waals surface area contributed by atoms with Crippen LogP contribution in [0.5, 0.6) is 0 Å². The summed E-state index contributed by atoms with van der Waals surface area (Å²) in [5.41, 5.74) is 7.40. The Morgan fingerprint density at radius 2 is 2.12 bits per heavy atom. The van der Waals surface area contributed by atoms with Crippen LogP contribution in [-0.2, 0) is 9.59 Å². The monoisotopic (exact) mass is 230 g/mol. The van der Waals surface area contributed by atoms with Crippen molar-refractivity contribution in [1.82, 2.24) is 0 Å². The molecule has 0 aromatic heterocycles. The van der Waals surface area contributed by atoms with Crippen molar-refractivity contribution < 1.29 is 14.4 Å². The lowest BCUT2D eigenvalue weighted by Gasteiger charge is -2.15. The van der Waals surface area contributed by atoms with Crippen molar-refractivity contribution in [3.63, 3.8) is 0 Å². The average Bonchev–Trinajstić information content (AvgIpc) is 2.72. The predicted octanol–water partition coefficient (Wildman–Crippen LogP) is 0.919. The van der Waals surface area contributed by atoms with Gasteiger partial charge in [0, 0.05) is 12.2 Å². The Labute approximate surface area is 98.3 Å². The molecular formula is C12H12N3O2+. The van der Waals surface area contributed by atoms with Crippen molar-refractivity contribution in [1.29, 1.82) is 5.53 Å². The van der Waals surface area contributed by atoms with E-state index in [1.54, 1.807) is 4.90 Å². The maximum absolute atomic E-state index is 12.0. The molecule has 1 amide bonds. The first-order chi connectivity index (χ1) is 8.24. The summed E-state index contributed by atoms with van der Waals surface area (Å²) < 4.78 is 0. The van der Waals surface area contributed by atoms with Gasteiger partial charge in [0.25, 0.3) is 5.78 Å². The van der Waals surface area contributed by atoms with Gasteiger partial charge in [-0.1, -0.05) is 18.2 Å². The number of anilines is 1. The third-order valence-corrected chi connectivity index (χ3v) is 2.81. The zero-order chi connectivity index (χ0) is 12.3. The van der Waals surface area contributed by atoms with Crippen molar-refractivity contribution >= 4 is 23.6 Å². The third kappa shape index (κ3) is 2.14. The number of Topliss-reactive ketones (excluding diaryl/α,β-unsaturated/α-hetero) is 1. The minimum absolute atomic E-state index is 0.207. The minimum atomic E-state index is -0.677. The first kappa shape index (κ1) is 11.2. The quantitative estimate of drug-likeness (QED) is 0.363. The highest BCUT2D eigenvalue weighted by atomic mass is 16.2. The number of benzene rings is 1. The van der Waals surface area contributed by atoms with Gasteiger partial charge in [0.15, 0.2) is 0 Å². The van der Waals surface area contributed by atoms with E-state index in [-0.39, 0.29) is 11.7 Å². The Balaban J connectivity index is 2.19. The molecule has 1 aliphatic rings. The largest absolute Gasteiger partial charge is 0.373 e. The fraction of sp³-hybridized carbons (Fsp3) is 0.250. The topological polar surface area (TPSA) is 75.3 Å². The summed E-state index contributed by atoms with van der Waals surface area (Å²) in [6.45, 7) is 0.533. The van der Waals surface area contributed by atoms with Crippen LogP contribution in [0, 0.1) is 11.4 Å². The number of hydrogen-bond acceptors (Lipinski definition) is 3. The molecule has 1 aromatic carbocycles. The SMILES string of the molecule is N=[N+]=CC(=O)C1CCN(c2ccccc2)C1=O. The van der Waals surface area contributed by atoms with E-state index in [0.29, 0.717) is 13.0 Å². The number of amides is 1. The van der Waals surface area contributed by atoms with E-state index >= 15 is 0 Å². The molecule has 1 aromatic rings. The molecule has 2 rings (SSSR count). The van der Waals surface area contributed by atoms with Crippen molar-refractivity contribution in [2.24, 2.45) is 5.92 Å². The Bertz CT molecular complexity index is 492. The van der Waals surface area contributed by atoms with Gasteiger partial charge in [-0.25, -0.2) is 0 Å². The van der Waals surface area contributed by atoms with Crippen LogP contribution in [0.15, 0.2) is 30.3 Å². The normalized spacial score (nSPS) is 18.9. The predicted molar refractivity (Wildman–Crippen MR) is 61.0 cm³/mol. The van der Waals surface area contributed by atoms with Crippen LogP contribution in [0.1, 0.15) is 6.42 Å². The van der Waals surface area contributed by atoms with Crippen molar-refractivity contribution in [3.05, 3.63) is 30.3 Å². The Kier molecular flexibility index (Phi) is 3.12. The zero-order valence-electron chi connectivity index (χ0n) is 9.17. The molecule has 1 atom stereocenters. The van der Waals surface area contributed by atoms with E-state index in [1.807, 2.05) is 30.3 Å². The molecule has 5 heteroatoms. The van der Waals surface area contributed by atoms with E-state index in [9.17, 15) is 9.59 Å². The number of rotatable bonds is 3. The van der Waals surface area contributed by atoms with E-state index in [0.717, 1.165) is 11.9 Å². The summed E-state index contributed by atoms with van der Waals surface area (Å²) in [7, 11) is 0. The summed E-state index contributed by atoms with van der Waals surface area (Å²) in [4.78, 5) is 28.0. The second-order valence-corrected chi connectivity index (χ2v) is 3.83. The highest BCUT2D eigenvalue weighted by Crippen LogP contribution is 2.24. The molecule has 1 heterocycles. The Morgan fingerprint density at radius 1 is 1.41 bits per heavy atom. The summed E-state index contributed by atoms with van der Waals surface area (Å²) in [5, 5.41) is 0. The van der Waals surface area contributed by atoms with Gasteiger partial charge >= 0.3 is 6.21 Å². The molecule has 1 saturated heterocycles. The second kappa shape index (κ2) is 4.72. The van der Waals surface area contributed by atoms with Gasteiger partial charge in [-0.2, -0.15) is 0 Å². The number of carbonyl (C=O) groups excluding carboxylic acids is 2. The number of carbonyl (C=O) groups is 2. The standard InChI is InChI=1S/C12H12N3O2/c13-14-8-11(16)10-6-7-15(12(10)17)9-4-2-1-3-5-9/h1-5,8,10,13H,6-7H2/q+1. The van der Waals surface area contributed by atoms with Crippen molar-refractivity contribution in [2.45, 2.75) is 6.42 Å². The van der Waals surface area contributed by atoms with Crippen LogP contribution in [-0.4, -0.2) is 29.2 Å². The van der Waals surface area contributed by atoms with Crippen LogP contribution < -0.4 is 4.90 Å². The van der Waals surface area contributed by atoms with E-state index < -0.39 is 5.92 Å². The Morgan fingerprint density at radius 3 is 2.76 bits per heavy atom. The van der Waals surface area contributed by atoms with Crippen LogP contribution in [0.4, 0.5) is 5.69 Å². The summed E-state index contributed by atoms with van der Waals surface area (Å²) in [5.74, 6) is -1.27. The highest BCUT2D eigenvalue weighted by molar-refractivity contribution is 6.33. The molecule has 1 unspecified atom stereocenters. The van der Waals surface area contributed by atoms with Crippen LogP contribution in [0.2, 0.25) is 0 Å². The minimum Gasteiger partial charge on any atom is -0.312 e. The van der Waals surface area contributed by atoms with Gasteiger partial charge in [-0.05, 0) is 18.6 Å². The van der Waals surface area contributed by atoms with Gasteiger partial charge < -0.3 is 4.90 Å². The molecule has 17 heavy (non-hydrogen) atoms. The molecule has 1 fully saturated rings. The molecule has 86 valence electrons. The fourth-order valence-corrected chi connectivity index (χ4v) is 1.96. The summed E-state index contributed by atoms with van der Waals surface area (Å²) >= 11 is 0. The van der Waals surface area contributed by atoms with E-state index in [1.165, 1.54) is 0 Å². The maximum atomic E-state index is 12.0. The molecule has 0 saturated carbocycles. The van der Waals surface area contributed by atoms with Gasteiger partial charge in [0.05, 0.1) is 10.3 Å². The van der Waals surface area contributed by atoms with Gasteiger partial charge in [-0.3, -0.25) is 9.59 Å². The number of para-hydroxylation sites is 1. The van der Waals surface area contributed by atoms with E-state index in [2.05, 4.69) is 4.79 Å². The lowest BCUT2D eigenvalue weighted by atomic mass is 10.0. The van der Waals surface area contributed by atoms with E-state index in [4.69, 9.17) is 5.53 Å². The van der Waals surface area contributed by atoms with Crippen LogP contribution in [0.3, 0.4) is 0 Å². The molecule has 0 spiro atoms. The molecule has 5 nitrogen and oxygen atoms in total. The third-order valence-electron chi connectivity index (χ3n) is 2.81. The summed E-state index contributed by atoms with van der Waals surface area (Å²) in [6, 6.07) is 9.25. The highest BCUT2D eigenvalue weighted by Gasteiger charge is 2.38. The zero-order valence-corrected chi connectivity index (χ0v) is 9.17. The van der Waals surface area contributed by atoms with Crippen molar-refractivity contribution in [2.75, 3.05) is 11.4 Å². The van der Waals surface area contributed by atoms with Crippen LogP contribution >= 0.6 is 0 Å². The van der Waals surface area contributed by atoms with Crippen LogP contribution in [0.25, 0.3) is 0 Å². The van der Waals surface area contributed by atoms with Gasteiger partial charge in [0.1, 0.15) is 5.92 Å². The molecule has 0 radical (unpaired) electrons. The number of ketones is 1. The number of hydrogen-bond donors (Lipinski definition) is 1. The molecular weight excluding hydrogens is 218 g/mol. The number of nitrogens with zero attached hydrogens (tertiary/aromatic N) is 2. The number of nitrogens with one attached hydrogen (secondary N) is 1. The van der Waals surface area contributed by atoms with Gasteiger partial charge in [0.2, 0.25) is 5.91 Å². The first-order valence-corrected chi connectivity index (χ1v) is 5.34. The molecule has 1 aliphatic heterocycles. The average molecular weight is 230 g/mol. The lowest BCUT2D eigenvalue weighted by molar-refractivity contribution is -0.137. The van der Waals surface area contributed by atoms with Gasteiger partial charge in [-0.15, -0.1) is 0 Å².